The first-order chi connectivity index (χ1) is 14.2. The summed E-state index contributed by atoms with van der Waals surface area (Å²) in [5, 5.41) is 20.1. The maximum atomic E-state index is 13.0. The lowest BCUT2D eigenvalue weighted by molar-refractivity contribution is -0.606. The number of primary sulfonamides is 1. The van der Waals surface area contributed by atoms with Crippen LogP contribution in [0.5, 0.6) is 0 Å². The average Bonchev–Trinajstić information content (AvgIpc) is 3.24. The van der Waals surface area contributed by atoms with Crippen LogP contribution in [-0.4, -0.2) is 72.4 Å². The third-order valence-corrected chi connectivity index (χ3v) is 9.37. The van der Waals surface area contributed by atoms with Crippen LogP contribution >= 0.6 is 23.1 Å². The van der Waals surface area contributed by atoms with Crippen molar-refractivity contribution >= 4 is 33.1 Å². The summed E-state index contributed by atoms with van der Waals surface area (Å²) in [5.74, 6) is 0.367. The van der Waals surface area contributed by atoms with Crippen LogP contribution in [0.2, 0.25) is 0 Å². The topological polar surface area (TPSA) is 119 Å². The molecular formula is C18H28N4O5S3. The molecule has 1 aliphatic heterocycles. The Bertz CT molecular complexity index is 857. The summed E-state index contributed by atoms with van der Waals surface area (Å²) in [6.45, 7) is 3.94. The first-order valence-electron chi connectivity index (χ1n) is 9.84. The zero-order valence-electron chi connectivity index (χ0n) is 16.9. The Labute approximate surface area is 185 Å². The van der Waals surface area contributed by atoms with Crippen LogP contribution in [0.3, 0.4) is 0 Å². The maximum Gasteiger partial charge on any atom is 0.284 e. The van der Waals surface area contributed by atoms with Crippen LogP contribution in [0.25, 0.3) is 0 Å². The van der Waals surface area contributed by atoms with Gasteiger partial charge in [-0.3, -0.25) is 15.0 Å². The molecule has 0 aromatic carbocycles. The van der Waals surface area contributed by atoms with E-state index in [1.807, 2.05) is 24.4 Å². The van der Waals surface area contributed by atoms with Gasteiger partial charge in [0.1, 0.15) is 0 Å². The maximum absolute atomic E-state index is 13.0. The van der Waals surface area contributed by atoms with Gasteiger partial charge in [-0.25, -0.2) is 18.5 Å². The first-order valence-corrected chi connectivity index (χ1v) is 13.2. The molecule has 30 heavy (non-hydrogen) atoms. The molecule has 1 aliphatic carbocycles. The van der Waals surface area contributed by atoms with Crippen molar-refractivity contribution in [1.82, 2.24) is 9.80 Å². The van der Waals surface area contributed by atoms with Crippen molar-refractivity contribution in [2.24, 2.45) is 5.14 Å². The number of sulfonamides is 1. The Morgan fingerprint density at radius 3 is 2.73 bits per heavy atom. The van der Waals surface area contributed by atoms with E-state index in [9.17, 15) is 18.5 Å². The predicted molar refractivity (Wildman–Crippen MR) is 118 cm³/mol. The van der Waals surface area contributed by atoms with Gasteiger partial charge < -0.3 is 4.74 Å². The van der Waals surface area contributed by atoms with Crippen LogP contribution < -0.4 is 5.14 Å². The molecule has 3 rings (SSSR count). The third-order valence-electron chi connectivity index (χ3n) is 5.68. The van der Waals surface area contributed by atoms with Gasteiger partial charge in [0.15, 0.2) is 4.87 Å². The zero-order chi connectivity index (χ0) is 21.8. The number of hydrogen-bond acceptors (Lipinski definition) is 9. The van der Waals surface area contributed by atoms with Gasteiger partial charge >= 0.3 is 0 Å². The second-order valence-electron chi connectivity index (χ2n) is 7.48. The molecule has 0 amide bonds. The van der Waals surface area contributed by atoms with Gasteiger partial charge in [-0.2, -0.15) is 0 Å². The fourth-order valence-electron chi connectivity index (χ4n) is 4.16. The number of thiophene rings is 1. The standard InChI is InChI=1S/C18H28N4O5S3/c1-2-8-21(15-29-16-5-3-13-28-16)18(30(19,25)26)7-4-6-17(14-18,22(23)24)20-9-11-27-12-10-20/h3-5,7,13H,2,6,8-12,14-15H2,1H3,(H2,19,25,26)/t17?,18-/m0/s1. The molecule has 2 N–H and O–H groups in total. The van der Waals surface area contributed by atoms with E-state index in [0.29, 0.717) is 45.1 Å². The summed E-state index contributed by atoms with van der Waals surface area (Å²) in [6, 6.07) is 3.90. The molecular weight excluding hydrogens is 448 g/mol. The van der Waals surface area contributed by atoms with E-state index >= 15 is 0 Å². The Morgan fingerprint density at radius 2 is 2.17 bits per heavy atom. The molecule has 168 valence electrons. The number of nitrogens with two attached hydrogens (primary N) is 1. The summed E-state index contributed by atoms with van der Waals surface area (Å²) >= 11 is 3.09. The lowest BCUT2D eigenvalue weighted by atomic mass is 9.87. The van der Waals surface area contributed by atoms with Crippen molar-refractivity contribution in [3.05, 3.63) is 39.8 Å². The summed E-state index contributed by atoms with van der Waals surface area (Å²) < 4.78 is 32.4. The number of rotatable bonds is 9. The smallest absolute Gasteiger partial charge is 0.284 e. The Morgan fingerprint density at radius 1 is 1.43 bits per heavy atom. The highest BCUT2D eigenvalue weighted by atomic mass is 32.2. The van der Waals surface area contributed by atoms with E-state index < -0.39 is 20.6 Å². The summed E-state index contributed by atoms with van der Waals surface area (Å²) in [4.78, 5) is 13.9. The molecule has 1 aromatic rings. The molecule has 12 heteroatoms. The Hall–Kier alpha value is -1.02. The number of hydrogen-bond donors (Lipinski definition) is 1. The van der Waals surface area contributed by atoms with Crippen LogP contribution in [0.15, 0.2) is 33.9 Å². The Kier molecular flexibility index (Phi) is 7.59. The van der Waals surface area contributed by atoms with Crippen LogP contribution in [-0.2, 0) is 14.8 Å². The number of nitro groups is 1. The number of thioether (sulfide) groups is 1. The van der Waals surface area contributed by atoms with Gasteiger partial charge in [-0.1, -0.05) is 36.9 Å². The van der Waals surface area contributed by atoms with Gasteiger partial charge in [0.2, 0.25) is 10.0 Å². The minimum Gasteiger partial charge on any atom is -0.379 e. The first kappa shape index (κ1) is 23.6. The highest BCUT2D eigenvalue weighted by Crippen LogP contribution is 2.43. The van der Waals surface area contributed by atoms with E-state index in [0.717, 1.165) is 4.21 Å². The van der Waals surface area contributed by atoms with Gasteiger partial charge in [-0.05, 0) is 17.9 Å². The lowest BCUT2D eigenvalue weighted by Crippen LogP contribution is -2.67. The molecule has 1 saturated heterocycles. The predicted octanol–water partition coefficient (Wildman–Crippen LogP) is 2.15. The molecule has 0 spiro atoms. The minimum absolute atomic E-state index is 0.134. The van der Waals surface area contributed by atoms with Crippen molar-refractivity contribution < 1.29 is 18.1 Å². The van der Waals surface area contributed by atoms with Gasteiger partial charge in [-0.15, -0.1) is 11.3 Å². The molecule has 0 bridgehead atoms. The van der Waals surface area contributed by atoms with Gasteiger partial charge in [0.25, 0.3) is 5.66 Å². The van der Waals surface area contributed by atoms with E-state index in [1.54, 1.807) is 33.3 Å². The molecule has 2 atom stereocenters. The molecule has 0 radical (unpaired) electrons. The quantitative estimate of drug-likeness (QED) is 0.189. The highest BCUT2D eigenvalue weighted by Gasteiger charge is 2.61. The molecule has 1 unspecified atom stereocenters. The van der Waals surface area contributed by atoms with Crippen LogP contribution in [0.4, 0.5) is 0 Å². The number of nitrogens with zero attached hydrogens (tertiary/aromatic N) is 3. The third kappa shape index (κ3) is 4.59. The molecule has 1 aromatic heterocycles. The van der Waals surface area contributed by atoms with Crippen molar-refractivity contribution in [2.75, 3.05) is 38.7 Å². The second kappa shape index (κ2) is 9.63. The molecule has 9 nitrogen and oxygen atoms in total. The van der Waals surface area contributed by atoms with Gasteiger partial charge in [0, 0.05) is 24.6 Å². The summed E-state index contributed by atoms with van der Waals surface area (Å²) in [6.07, 6.45) is 3.79. The van der Waals surface area contributed by atoms with E-state index in [-0.39, 0.29) is 17.8 Å². The minimum atomic E-state index is -4.18. The van der Waals surface area contributed by atoms with Gasteiger partial charge in [0.05, 0.1) is 36.1 Å². The second-order valence-corrected chi connectivity index (χ2v) is 11.5. The van der Waals surface area contributed by atoms with E-state index in [1.165, 1.54) is 11.8 Å². The SMILES string of the molecule is CCCN(CSc1cccs1)[C@]1(S(N)(=O)=O)C=CCC(N2CCOCC2)([N+](=O)[O-])C1. The van der Waals surface area contributed by atoms with E-state index in [4.69, 9.17) is 9.88 Å². The fraction of sp³-hybridized carbons (Fsp3) is 0.667. The lowest BCUT2D eigenvalue weighted by Gasteiger charge is -2.48. The van der Waals surface area contributed by atoms with E-state index in [2.05, 4.69) is 0 Å². The number of ether oxygens (including phenoxy) is 1. The average molecular weight is 477 g/mol. The monoisotopic (exact) mass is 476 g/mol. The van der Waals surface area contributed by atoms with Crippen molar-refractivity contribution in [1.29, 1.82) is 0 Å². The van der Waals surface area contributed by atoms with Crippen LogP contribution in [0, 0.1) is 10.1 Å². The summed E-state index contributed by atoms with van der Waals surface area (Å²) in [7, 11) is -4.18. The Balaban J connectivity index is 2.00. The molecule has 2 heterocycles. The molecule has 2 aliphatic rings. The summed E-state index contributed by atoms with van der Waals surface area (Å²) in [5.41, 5.74) is -1.54. The van der Waals surface area contributed by atoms with Crippen molar-refractivity contribution in [2.45, 2.75) is 40.9 Å². The van der Waals surface area contributed by atoms with Crippen LogP contribution in [0.1, 0.15) is 26.2 Å². The molecule has 0 saturated carbocycles. The normalized spacial score (nSPS) is 28.1. The zero-order valence-corrected chi connectivity index (χ0v) is 19.4. The largest absolute Gasteiger partial charge is 0.379 e. The molecule has 1 fully saturated rings. The fourth-order valence-corrected chi connectivity index (χ4v) is 7.33. The van der Waals surface area contributed by atoms with Crippen molar-refractivity contribution in [3.63, 3.8) is 0 Å². The van der Waals surface area contributed by atoms with Crippen molar-refractivity contribution in [3.8, 4) is 0 Å². The number of morpholine rings is 1. The highest BCUT2D eigenvalue weighted by molar-refractivity contribution is 8.01.